The fourth-order valence-corrected chi connectivity index (χ4v) is 3.59. The molecule has 0 aliphatic rings. The first-order chi connectivity index (χ1) is 13.5. The topological polar surface area (TPSA) is 44.1 Å². The maximum atomic E-state index is 13.4. The molecule has 2 aromatic carbocycles. The third kappa shape index (κ3) is 4.03. The highest BCUT2D eigenvalue weighted by Gasteiger charge is 2.25. The van der Waals surface area contributed by atoms with Crippen molar-refractivity contribution in [2.45, 2.75) is 31.9 Å². The SMILES string of the molecule is CCOC(C)n1c(C(C)=O)nc(-c2ccc(F)cc2)c1-c1ccc(SC)cc1. The molecule has 146 valence electrons. The van der Waals surface area contributed by atoms with E-state index in [2.05, 4.69) is 4.98 Å². The smallest absolute Gasteiger partial charge is 0.195 e. The van der Waals surface area contributed by atoms with E-state index in [0.717, 1.165) is 21.7 Å². The van der Waals surface area contributed by atoms with Crippen molar-refractivity contribution in [3.8, 4) is 22.5 Å². The first-order valence-corrected chi connectivity index (χ1v) is 10.3. The molecule has 0 spiro atoms. The number of hydrogen-bond acceptors (Lipinski definition) is 4. The summed E-state index contributed by atoms with van der Waals surface area (Å²) in [4.78, 5) is 18.1. The van der Waals surface area contributed by atoms with E-state index < -0.39 is 0 Å². The minimum atomic E-state index is -0.374. The van der Waals surface area contributed by atoms with E-state index in [4.69, 9.17) is 4.74 Å². The van der Waals surface area contributed by atoms with Gasteiger partial charge < -0.3 is 4.74 Å². The highest BCUT2D eigenvalue weighted by atomic mass is 32.2. The number of Topliss-reactive ketones (excluding diaryl/α,β-unsaturated/α-hetero) is 1. The van der Waals surface area contributed by atoms with Crippen LogP contribution in [0.25, 0.3) is 22.5 Å². The number of imidazole rings is 1. The fraction of sp³-hybridized carbons (Fsp3) is 0.273. The number of aromatic nitrogens is 2. The van der Waals surface area contributed by atoms with E-state index >= 15 is 0 Å². The summed E-state index contributed by atoms with van der Waals surface area (Å²) in [6.45, 7) is 5.81. The third-order valence-corrected chi connectivity index (χ3v) is 5.22. The number of carbonyl (C=O) groups excluding carboxylic acids is 1. The minimum absolute atomic E-state index is 0.151. The number of benzene rings is 2. The highest BCUT2D eigenvalue weighted by Crippen LogP contribution is 2.36. The molecule has 1 aromatic heterocycles. The second-order valence-electron chi connectivity index (χ2n) is 6.35. The molecule has 0 bridgehead atoms. The van der Waals surface area contributed by atoms with Crippen molar-refractivity contribution in [3.63, 3.8) is 0 Å². The molecular formula is C22H23FN2O2S. The van der Waals surface area contributed by atoms with Crippen molar-refractivity contribution in [1.82, 2.24) is 9.55 Å². The number of ketones is 1. The van der Waals surface area contributed by atoms with Gasteiger partial charge in [0.2, 0.25) is 0 Å². The molecule has 0 saturated carbocycles. The van der Waals surface area contributed by atoms with Crippen LogP contribution in [-0.2, 0) is 4.74 Å². The van der Waals surface area contributed by atoms with Crippen LogP contribution in [0.4, 0.5) is 4.39 Å². The number of ether oxygens (including phenoxy) is 1. The molecule has 1 heterocycles. The van der Waals surface area contributed by atoms with Crippen LogP contribution in [-0.4, -0.2) is 28.2 Å². The Balaban J connectivity index is 2.29. The van der Waals surface area contributed by atoms with E-state index in [0.29, 0.717) is 18.1 Å². The third-order valence-electron chi connectivity index (χ3n) is 4.48. The number of nitrogens with zero attached hydrogens (tertiary/aromatic N) is 2. The van der Waals surface area contributed by atoms with Crippen LogP contribution >= 0.6 is 11.8 Å². The number of halogens is 1. The lowest BCUT2D eigenvalue weighted by Crippen LogP contribution is -2.16. The fourth-order valence-electron chi connectivity index (χ4n) is 3.18. The monoisotopic (exact) mass is 398 g/mol. The van der Waals surface area contributed by atoms with Gasteiger partial charge in [0.05, 0.1) is 11.4 Å². The van der Waals surface area contributed by atoms with Crippen molar-refractivity contribution in [1.29, 1.82) is 0 Å². The second-order valence-corrected chi connectivity index (χ2v) is 7.23. The van der Waals surface area contributed by atoms with Gasteiger partial charge in [-0.3, -0.25) is 9.36 Å². The lowest BCUT2D eigenvalue weighted by molar-refractivity contribution is 0.0239. The molecule has 1 unspecified atom stereocenters. The first kappa shape index (κ1) is 20.3. The van der Waals surface area contributed by atoms with Gasteiger partial charge in [-0.05, 0) is 56.5 Å². The van der Waals surface area contributed by atoms with Gasteiger partial charge in [-0.2, -0.15) is 0 Å². The number of carbonyl (C=O) groups is 1. The average Bonchev–Trinajstić information content (AvgIpc) is 3.10. The van der Waals surface area contributed by atoms with Crippen LogP contribution < -0.4 is 0 Å². The second kappa shape index (κ2) is 8.71. The summed E-state index contributed by atoms with van der Waals surface area (Å²) >= 11 is 1.66. The van der Waals surface area contributed by atoms with E-state index in [1.807, 2.05) is 48.9 Å². The Morgan fingerprint density at radius 2 is 1.75 bits per heavy atom. The standard InChI is InChI=1S/C22H23FN2O2S/c1-5-27-15(3)25-21(17-8-12-19(28-4)13-9-17)20(24-22(25)14(2)26)16-6-10-18(23)11-7-16/h6-13,15H,5H2,1-4H3. The van der Waals surface area contributed by atoms with E-state index in [9.17, 15) is 9.18 Å². The van der Waals surface area contributed by atoms with Gasteiger partial charge in [0.25, 0.3) is 0 Å². The highest BCUT2D eigenvalue weighted by molar-refractivity contribution is 7.98. The van der Waals surface area contributed by atoms with E-state index in [1.54, 1.807) is 23.9 Å². The molecule has 1 atom stereocenters. The quantitative estimate of drug-likeness (QED) is 0.371. The maximum Gasteiger partial charge on any atom is 0.195 e. The Labute approximate surface area is 168 Å². The van der Waals surface area contributed by atoms with Crippen LogP contribution in [0, 0.1) is 5.82 Å². The molecule has 0 amide bonds. The predicted molar refractivity (Wildman–Crippen MR) is 111 cm³/mol. The van der Waals surface area contributed by atoms with Gasteiger partial charge in [-0.25, -0.2) is 9.37 Å². The van der Waals surface area contributed by atoms with Crippen molar-refractivity contribution in [3.05, 3.63) is 60.2 Å². The molecule has 4 nitrogen and oxygen atoms in total. The van der Waals surface area contributed by atoms with E-state index in [1.165, 1.54) is 19.1 Å². The normalized spacial score (nSPS) is 12.2. The van der Waals surface area contributed by atoms with Crippen LogP contribution in [0.2, 0.25) is 0 Å². The van der Waals surface area contributed by atoms with Gasteiger partial charge in [-0.15, -0.1) is 11.8 Å². The molecule has 0 fully saturated rings. The summed E-state index contributed by atoms with van der Waals surface area (Å²) in [5.41, 5.74) is 3.08. The van der Waals surface area contributed by atoms with Crippen molar-refractivity contribution >= 4 is 17.5 Å². The largest absolute Gasteiger partial charge is 0.359 e. The Bertz CT molecular complexity index is 965. The molecule has 0 radical (unpaired) electrons. The van der Waals surface area contributed by atoms with Crippen LogP contribution in [0.5, 0.6) is 0 Å². The molecule has 0 saturated heterocycles. The van der Waals surface area contributed by atoms with Gasteiger partial charge in [-0.1, -0.05) is 12.1 Å². The van der Waals surface area contributed by atoms with Crippen molar-refractivity contribution in [2.75, 3.05) is 12.9 Å². The van der Waals surface area contributed by atoms with Crippen LogP contribution in [0.15, 0.2) is 53.4 Å². The number of hydrogen-bond donors (Lipinski definition) is 0. The Hall–Kier alpha value is -2.44. The van der Waals surface area contributed by atoms with Crippen LogP contribution in [0.3, 0.4) is 0 Å². The molecule has 3 aromatic rings. The van der Waals surface area contributed by atoms with Gasteiger partial charge in [0.1, 0.15) is 12.0 Å². The predicted octanol–water partition coefficient (Wildman–Crippen LogP) is 5.84. The summed E-state index contributed by atoms with van der Waals surface area (Å²) in [6, 6.07) is 14.2. The maximum absolute atomic E-state index is 13.4. The zero-order valence-electron chi connectivity index (χ0n) is 16.4. The Morgan fingerprint density at radius 3 is 2.29 bits per heavy atom. The van der Waals surface area contributed by atoms with Gasteiger partial charge in [0, 0.05) is 29.6 Å². The summed E-state index contributed by atoms with van der Waals surface area (Å²) < 4.78 is 21.1. The first-order valence-electron chi connectivity index (χ1n) is 9.11. The van der Waals surface area contributed by atoms with Gasteiger partial charge >= 0.3 is 0 Å². The minimum Gasteiger partial charge on any atom is -0.359 e. The van der Waals surface area contributed by atoms with Crippen molar-refractivity contribution in [2.24, 2.45) is 0 Å². The number of thioether (sulfide) groups is 1. The van der Waals surface area contributed by atoms with Gasteiger partial charge in [0.15, 0.2) is 11.6 Å². The number of rotatable bonds is 7. The molecule has 3 rings (SSSR count). The summed E-state index contributed by atoms with van der Waals surface area (Å²) in [7, 11) is 0. The molecule has 28 heavy (non-hydrogen) atoms. The van der Waals surface area contributed by atoms with Crippen molar-refractivity contribution < 1.29 is 13.9 Å². The zero-order chi connectivity index (χ0) is 20.3. The Kier molecular flexibility index (Phi) is 6.31. The Morgan fingerprint density at radius 1 is 1.14 bits per heavy atom. The average molecular weight is 399 g/mol. The lowest BCUT2D eigenvalue weighted by Gasteiger charge is -2.19. The summed E-state index contributed by atoms with van der Waals surface area (Å²) in [5, 5.41) is 0. The molecule has 6 heteroatoms. The molecule has 0 N–H and O–H groups in total. The molecule has 0 aliphatic heterocycles. The zero-order valence-corrected chi connectivity index (χ0v) is 17.2. The molecular weight excluding hydrogens is 375 g/mol. The van der Waals surface area contributed by atoms with E-state index in [-0.39, 0.29) is 17.8 Å². The summed E-state index contributed by atoms with van der Waals surface area (Å²) in [5.74, 6) is -0.144. The molecule has 0 aliphatic carbocycles. The summed E-state index contributed by atoms with van der Waals surface area (Å²) in [6.07, 6.45) is 1.65. The van der Waals surface area contributed by atoms with Crippen LogP contribution in [0.1, 0.15) is 37.6 Å². The lowest BCUT2D eigenvalue weighted by atomic mass is 10.0.